The van der Waals surface area contributed by atoms with Crippen LogP contribution in [0, 0.1) is 36.9 Å². The fourth-order valence-electron chi connectivity index (χ4n) is 0. The quantitative estimate of drug-likeness (QED) is 0.204. The molecule has 0 saturated carbocycles. The van der Waals surface area contributed by atoms with E-state index in [1.54, 1.807) is 0 Å². The third kappa shape index (κ3) is 16.2. The summed E-state index contributed by atoms with van der Waals surface area (Å²) >= 11 is 0. The molecule has 0 aromatic carbocycles. The van der Waals surface area contributed by atoms with E-state index in [-0.39, 0.29) is 36.9 Å². The zero-order valence-electron chi connectivity index (χ0n) is 10.2. The molecule has 0 aromatic heterocycles. The van der Waals surface area contributed by atoms with Crippen LogP contribution in [0.4, 0.5) is 39.5 Å². The Bertz CT molecular complexity index is 596. The smallest absolute Gasteiger partial charge is 0.279 e. The summed E-state index contributed by atoms with van der Waals surface area (Å²) in [5.41, 5.74) is -16.6. The Morgan fingerprint density at radius 2 is 0.480 bits per heavy atom. The number of alkyl halides is 9. The van der Waals surface area contributed by atoms with Crippen molar-refractivity contribution >= 4 is 30.4 Å². The van der Waals surface area contributed by atoms with Gasteiger partial charge in [0.2, 0.25) is 0 Å². The van der Waals surface area contributed by atoms with E-state index in [1.165, 1.54) is 0 Å². The first-order valence-electron chi connectivity index (χ1n) is 3.86. The summed E-state index contributed by atoms with van der Waals surface area (Å²) in [4.78, 5) is 0. The van der Waals surface area contributed by atoms with Crippen molar-refractivity contribution in [2.24, 2.45) is 0 Å². The number of hydrogen-bond acceptors (Lipinski definition) is 6. The van der Waals surface area contributed by atoms with Gasteiger partial charge in [0.25, 0.3) is 0 Å². The third-order valence-electron chi connectivity index (χ3n) is 0.877. The van der Waals surface area contributed by atoms with Gasteiger partial charge >= 0.3 is 83.8 Å². The molecule has 22 heteroatoms. The number of hydrogen-bond donors (Lipinski definition) is 3. The van der Waals surface area contributed by atoms with Crippen LogP contribution in [0.15, 0.2) is 0 Å². The molecule has 0 aliphatic rings. The third-order valence-corrected chi connectivity index (χ3v) is 2.63. The maximum Gasteiger partial charge on any atom is 3.00 e. The van der Waals surface area contributed by atoms with Gasteiger partial charge in [0.1, 0.15) is 0 Å². The van der Waals surface area contributed by atoms with Crippen LogP contribution in [0.3, 0.4) is 0 Å². The fraction of sp³-hybridized carbons (Fsp3) is 1.00. The first-order valence-corrected chi connectivity index (χ1v) is 8.18. The van der Waals surface area contributed by atoms with E-state index in [4.69, 9.17) is 38.9 Å². The second-order valence-electron chi connectivity index (χ2n) is 2.76. The van der Waals surface area contributed by atoms with Gasteiger partial charge in [-0.15, -0.1) is 0 Å². The predicted molar refractivity (Wildman–Crippen MR) is 52.8 cm³/mol. The normalized spacial score (nSPS) is 13.4. The Balaban J connectivity index is -0.000000130. The van der Waals surface area contributed by atoms with Crippen molar-refractivity contribution in [3.05, 3.63) is 0 Å². The average Bonchev–Trinajstić information content (AvgIpc) is 2.08. The summed E-state index contributed by atoms with van der Waals surface area (Å²) in [5, 5.41) is 0. The summed E-state index contributed by atoms with van der Waals surface area (Å²) < 4.78 is 173. The minimum absolute atomic E-state index is 0. The molecule has 9 nitrogen and oxygen atoms in total. The molecule has 0 aliphatic carbocycles. The maximum absolute atomic E-state index is 10.7. The standard InChI is InChI=1S/3CHF3O3S.Lu/c3*2-1(3,4)8(5,6)7;/h3*(H,5,6,7);/q;;;+3. The van der Waals surface area contributed by atoms with E-state index in [2.05, 4.69) is 0 Å². The molecule has 3 N–H and O–H groups in total. The van der Waals surface area contributed by atoms with Crippen molar-refractivity contribution in [1.29, 1.82) is 0 Å². The molecule has 0 radical (unpaired) electrons. The van der Waals surface area contributed by atoms with Gasteiger partial charge in [-0.2, -0.15) is 64.8 Å². The minimum atomic E-state index is -5.84. The van der Waals surface area contributed by atoms with E-state index in [9.17, 15) is 39.5 Å². The van der Waals surface area contributed by atoms with E-state index in [0.29, 0.717) is 0 Å². The zero-order chi connectivity index (χ0) is 21.0. The number of halogens is 9. The molecule has 0 atom stereocenters. The molecule has 0 amide bonds. The minimum Gasteiger partial charge on any atom is -0.279 e. The van der Waals surface area contributed by atoms with E-state index >= 15 is 0 Å². The molecule has 0 heterocycles. The summed E-state index contributed by atoms with van der Waals surface area (Å²) in [7, 11) is -17.5. The number of rotatable bonds is 0. The first kappa shape index (κ1) is 33.0. The van der Waals surface area contributed by atoms with Crippen molar-refractivity contribution in [1.82, 2.24) is 0 Å². The van der Waals surface area contributed by atoms with Gasteiger partial charge in [-0.25, -0.2) is 0 Å². The van der Waals surface area contributed by atoms with E-state index < -0.39 is 46.9 Å². The van der Waals surface area contributed by atoms with Crippen molar-refractivity contribution in [2.45, 2.75) is 16.5 Å². The van der Waals surface area contributed by atoms with E-state index in [0.717, 1.165) is 0 Å². The van der Waals surface area contributed by atoms with Gasteiger partial charge in [-0.05, 0) is 0 Å². The molecule has 0 aromatic rings. The SMILES string of the molecule is O=S(=O)(O)C(F)(F)F.O=S(=O)(O)C(F)(F)F.O=S(=O)(O)C(F)(F)F.[Lu+3]. The van der Waals surface area contributed by atoms with Crippen LogP contribution in [0.5, 0.6) is 0 Å². The van der Waals surface area contributed by atoms with Gasteiger partial charge in [-0.1, -0.05) is 0 Å². The van der Waals surface area contributed by atoms with Crippen molar-refractivity contribution in [3.63, 3.8) is 0 Å². The Kier molecular flexibility index (Phi) is 13.2. The molecule has 162 valence electrons. The van der Waals surface area contributed by atoms with Crippen LogP contribution < -0.4 is 0 Å². The molecule has 0 unspecified atom stereocenters. The van der Waals surface area contributed by atoms with Gasteiger partial charge in [0, 0.05) is 0 Å². The molecule has 0 aliphatic heterocycles. The molecule has 0 rings (SSSR count). The predicted octanol–water partition coefficient (Wildman–Crippen LogP) is 1.18. The topological polar surface area (TPSA) is 163 Å². The molecular weight excluding hydrogens is 622 g/mol. The average molecular weight is 625 g/mol. The van der Waals surface area contributed by atoms with Gasteiger partial charge in [0.15, 0.2) is 0 Å². The van der Waals surface area contributed by atoms with Gasteiger partial charge in [-0.3, -0.25) is 13.7 Å². The Hall–Kier alpha value is 0.334. The van der Waals surface area contributed by atoms with Crippen LogP contribution in [0.25, 0.3) is 0 Å². The van der Waals surface area contributed by atoms with Gasteiger partial charge in [0.05, 0.1) is 0 Å². The monoisotopic (exact) mass is 625 g/mol. The molecule has 0 saturated heterocycles. The summed E-state index contributed by atoms with van der Waals surface area (Å²) in [6, 6.07) is 0. The van der Waals surface area contributed by atoms with E-state index in [1.807, 2.05) is 0 Å². The Morgan fingerprint density at radius 3 is 0.480 bits per heavy atom. The summed E-state index contributed by atoms with van der Waals surface area (Å²) in [6.45, 7) is 0. The summed E-state index contributed by atoms with van der Waals surface area (Å²) in [6.07, 6.45) is 0. The zero-order valence-corrected chi connectivity index (χ0v) is 14.3. The van der Waals surface area contributed by atoms with Crippen molar-refractivity contribution in [2.75, 3.05) is 0 Å². The molecular formula is C3H3F9LuO9S3+3. The largest absolute Gasteiger partial charge is 3.00 e. The van der Waals surface area contributed by atoms with Crippen molar-refractivity contribution in [3.8, 4) is 0 Å². The molecule has 0 bridgehead atoms. The Morgan fingerprint density at radius 1 is 0.440 bits per heavy atom. The van der Waals surface area contributed by atoms with Crippen molar-refractivity contribution < 1.29 is 115 Å². The second-order valence-corrected chi connectivity index (χ2v) is 7.00. The van der Waals surface area contributed by atoms with Crippen LogP contribution in [-0.2, 0) is 30.4 Å². The Labute approximate surface area is 161 Å². The molecule has 0 fully saturated rings. The molecule has 25 heavy (non-hydrogen) atoms. The van der Waals surface area contributed by atoms with Crippen LogP contribution in [0.2, 0.25) is 0 Å². The van der Waals surface area contributed by atoms with Crippen LogP contribution in [0.1, 0.15) is 0 Å². The molecule has 0 spiro atoms. The summed E-state index contributed by atoms with van der Waals surface area (Å²) in [5.74, 6) is 0. The fourth-order valence-corrected chi connectivity index (χ4v) is 0. The van der Waals surface area contributed by atoms with Gasteiger partial charge < -0.3 is 0 Å². The van der Waals surface area contributed by atoms with Crippen LogP contribution >= 0.6 is 0 Å². The first-order chi connectivity index (χ1) is 9.75. The van der Waals surface area contributed by atoms with Crippen LogP contribution in [-0.4, -0.2) is 55.4 Å². The second kappa shape index (κ2) is 10.0. The maximum atomic E-state index is 10.7.